The van der Waals surface area contributed by atoms with Gasteiger partial charge in [0.05, 0.1) is 11.6 Å². The maximum absolute atomic E-state index is 13.8. The third-order valence-electron chi connectivity index (χ3n) is 3.01. The molecule has 0 bridgehead atoms. The zero-order valence-corrected chi connectivity index (χ0v) is 11.7. The summed E-state index contributed by atoms with van der Waals surface area (Å²) in [5, 5.41) is 9.02. The molecule has 0 amide bonds. The first-order valence-electron chi connectivity index (χ1n) is 6.30. The van der Waals surface area contributed by atoms with Crippen LogP contribution in [-0.2, 0) is 6.42 Å². The number of aryl methyl sites for hydroxylation is 1. The Kier molecular flexibility index (Phi) is 6.06. The Hall–Kier alpha value is -0.640. The number of aliphatic hydroxyl groups is 1. The smallest absolute Gasteiger partial charge is 0.145 e. The number of nitrogens with two attached hydrogens (primary N) is 1. The SMILES string of the molecule is CC(C)c1cc(CCC[C@@H](N)CO)cc(Cl)c1F. The molecule has 0 fully saturated rings. The van der Waals surface area contributed by atoms with Gasteiger partial charge >= 0.3 is 0 Å². The second kappa shape index (κ2) is 7.07. The first-order chi connectivity index (χ1) is 8.45. The molecule has 102 valence electrons. The van der Waals surface area contributed by atoms with Crippen LogP contribution in [0.1, 0.15) is 43.7 Å². The monoisotopic (exact) mass is 273 g/mol. The summed E-state index contributed by atoms with van der Waals surface area (Å²) < 4.78 is 13.8. The predicted octanol–water partition coefficient (Wildman–Crippen LogP) is 3.24. The lowest BCUT2D eigenvalue weighted by Gasteiger charge is -2.12. The van der Waals surface area contributed by atoms with E-state index in [9.17, 15) is 4.39 Å². The van der Waals surface area contributed by atoms with Crippen molar-refractivity contribution in [1.29, 1.82) is 0 Å². The van der Waals surface area contributed by atoms with Crippen molar-refractivity contribution < 1.29 is 9.50 Å². The Balaban J connectivity index is 2.72. The minimum Gasteiger partial charge on any atom is -0.395 e. The van der Waals surface area contributed by atoms with Crippen molar-refractivity contribution in [3.05, 3.63) is 34.1 Å². The minimum absolute atomic E-state index is 0.00141. The molecule has 1 aromatic carbocycles. The maximum atomic E-state index is 13.8. The summed E-state index contributed by atoms with van der Waals surface area (Å²) in [5.41, 5.74) is 7.31. The van der Waals surface area contributed by atoms with Crippen molar-refractivity contribution in [2.75, 3.05) is 6.61 Å². The van der Waals surface area contributed by atoms with Crippen LogP contribution >= 0.6 is 11.6 Å². The molecule has 1 aromatic rings. The lowest BCUT2D eigenvalue weighted by Crippen LogP contribution is -2.24. The third kappa shape index (κ3) is 4.23. The van der Waals surface area contributed by atoms with Crippen LogP contribution < -0.4 is 5.73 Å². The number of rotatable bonds is 6. The molecule has 18 heavy (non-hydrogen) atoms. The van der Waals surface area contributed by atoms with Crippen LogP contribution in [0.5, 0.6) is 0 Å². The van der Waals surface area contributed by atoms with E-state index in [1.165, 1.54) is 0 Å². The molecule has 0 aromatic heterocycles. The summed E-state index contributed by atoms with van der Waals surface area (Å²) >= 11 is 5.89. The molecular formula is C14H21ClFNO. The number of hydrogen-bond acceptors (Lipinski definition) is 2. The summed E-state index contributed by atoms with van der Waals surface area (Å²) in [7, 11) is 0. The van der Waals surface area contributed by atoms with Gasteiger partial charge in [-0.05, 0) is 42.4 Å². The highest BCUT2D eigenvalue weighted by atomic mass is 35.5. The summed E-state index contributed by atoms with van der Waals surface area (Å²) in [6.45, 7) is 3.89. The molecule has 0 aliphatic rings. The number of halogens is 2. The Morgan fingerprint density at radius 1 is 1.39 bits per heavy atom. The maximum Gasteiger partial charge on any atom is 0.145 e. The topological polar surface area (TPSA) is 46.2 Å². The Bertz CT molecular complexity index is 396. The highest BCUT2D eigenvalue weighted by Gasteiger charge is 2.12. The van der Waals surface area contributed by atoms with Crippen molar-refractivity contribution in [3.8, 4) is 0 Å². The van der Waals surface area contributed by atoms with Crippen LogP contribution in [0.25, 0.3) is 0 Å². The summed E-state index contributed by atoms with van der Waals surface area (Å²) in [6.07, 6.45) is 2.41. The van der Waals surface area contributed by atoms with Gasteiger partial charge in [-0.3, -0.25) is 0 Å². The third-order valence-corrected chi connectivity index (χ3v) is 3.29. The zero-order chi connectivity index (χ0) is 13.7. The number of aliphatic hydroxyl groups excluding tert-OH is 1. The van der Waals surface area contributed by atoms with E-state index in [0.29, 0.717) is 5.56 Å². The molecular weight excluding hydrogens is 253 g/mol. The summed E-state index contributed by atoms with van der Waals surface area (Å²) in [6, 6.07) is 3.37. The lowest BCUT2D eigenvalue weighted by atomic mass is 9.97. The average molecular weight is 274 g/mol. The van der Waals surface area contributed by atoms with Gasteiger partial charge < -0.3 is 10.8 Å². The van der Waals surface area contributed by atoms with Crippen molar-refractivity contribution in [2.45, 2.75) is 45.1 Å². The van der Waals surface area contributed by atoms with Gasteiger partial charge in [-0.15, -0.1) is 0 Å². The van der Waals surface area contributed by atoms with Crippen molar-refractivity contribution >= 4 is 11.6 Å². The van der Waals surface area contributed by atoms with E-state index in [-0.39, 0.29) is 29.4 Å². The molecule has 1 rings (SSSR count). The molecule has 0 spiro atoms. The molecule has 0 aliphatic carbocycles. The van der Waals surface area contributed by atoms with Gasteiger partial charge in [-0.2, -0.15) is 0 Å². The van der Waals surface area contributed by atoms with E-state index >= 15 is 0 Å². The largest absolute Gasteiger partial charge is 0.395 e. The minimum atomic E-state index is -0.317. The Labute approximate surface area is 113 Å². The van der Waals surface area contributed by atoms with E-state index in [4.69, 9.17) is 22.4 Å². The van der Waals surface area contributed by atoms with Gasteiger partial charge in [-0.25, -0.2) is 4.39 Å². The fraction of sp³-hybridized carbons (Fsp3) is 0.571. The zero-order valence-electron chi connectivity index (χ0n) is 10.9. The van der Waals surface area contributed by atoms with E-state index in [2.05, 4.69) is 0 Å². The van der Waals surface area contributed by atoms with Crippen LogP contribution in [0, 0.1) is 5.82 Å². The fourth-order valence-corrected chi connectivity index (χ4v) is 2.14. The quantitative estimate of drug-likeness (QED) is 0.836. The number of hydrogen-bond donors (Lipinski definition) is 2. The van der Waals surface area contributed by atoms with Gasteiger partial charge in [0.15, 0.2) is 0 Å². The molecule has 0 heterocycles. The predicted molar refractivity (Wildman–Crippen MR) is 73.5 cm³/mol. The molecule has 2 nitrogen and oxygen atoms in total. The van der Waals surface area contributed by atoms with E-state index in [0.717, 1.165) is 24.8 Å². The lowest BCUT2D eigenvalue weighted by molar-refractivity contribution is 0.258. The van der Waals surface area contributed by atoms with Gasteiger partial charge in [0.2, 0.25) is 0 Å². The average Bonchev–Trinajstić information content (AvgIpc) is 2.32. The molecule has 1 atom stereocenters. The van der Waals surface area contributed by atoms with Crippen LogP contribution in [0.15, 0.2) is 12.1 Å². The van der Waals surface area contributed by atoms with Crippen LogP contribution in [0.2, 0.25) is 5.02 Å². The molecule has 0 saturated carbocycles. The van der Waals surface area contributed by atoms with E-state index in [1.54, 1.807) is 6.07 Å². The van der Waals surface area contributed by atoms with Crippen molar-refractivity contribution in [2.24, 2.45) is 5.73 Å². The highest BCUT2D eigenvalue weighted by Crippen LogP contribution is 2.27. The second-order valence-electron chi connectivity index (χ2n) is 4.97. The highest BCUT2D eigenvalue weighted by molar-refractivity contribution is 6.30. The van der Waals surface area contributed by atoms with Crippen molar-refractivity contribution in [3.63, 3.8) is 0 Å². The van der Waals surface area contributed by atoms with E-state index in [1.807, 2.05) is 19.9 Å². The molecule has 4 heteroatoms. The first kappa shape index (κ1) is 15.4. The van der Waals surface area contributed by atoms with Crippen LogP contribution in [0.3, 0.4) is 0 Å². The fourth-order valence-electron chi connectivity index (χ4n) is 1.89. The standard InChI is InChI=1S/C14H21ClFNO/c1-9(2)12-6-10(7-13(15)14(12)16)4-3-5-11(17)8-18/h6-7,9,11,18H,3-5,8,17H2,1-2H3/t11-/m1/s1. The second-order valence-corrected chi connectivity index (χ2v) is 5.38. The van der Waals surface area contributed by atoms with E-state index < -0.39 is 0 Å². The summed E-state index contributed by atoms with van der Waals surface area (Å²) in [4.78, 5) is 0. The van der Waals surface area contributed by atoms with Gasteiger partial charge in [0.1, 0.15) is 5.82 Å². The first-order valence-corrected chi connectivity index (χ1v) is 6.67. The molecule has 0 radical (unpaired) electrons. The summed E-state index contributed by atoms with van der Waals surface area (Å²) in [5.74, 6) is -0.204. The molecule has 0 unspecified atom stereocenters. The Morgan fingerprint density at radius 3 is 2.61 bits per heavy atom. The normalized spacial score (nSPS) is 13.1. The van der Waals surface area contributed by atoms with Gasteiger partial charge in [-0.1, -0.05) is 31.5 Å². The Morgan fingerprint density at radius 2 is 2.06 bits per heavy atom. The molecule has 0 aliphatic heterocycles. The van der Waals surface area contributed by atoms with Crippen LogP contribution in [-0.4, -0.2) is 17.8 Å². The van der Waals surface area contributed by atoms with Crippen LogP contribution in [0.4, 0.5) is 4.39 Å². The number of benzene rings is 1. The molecule has 3 N–H and O–H groups in total. The van der Waals surface area contributed by atoms with Crippen molar-refractivity contribution in [1.82, 2.24) is 0 Å². The van der Waals surface area contributed by atoms with Gasteiger partial charge in [0.25, 0.3) is 0 Å². The van der Waals surface area contributed by atoms with Gasteiger partial charge in [0, 0.05) is 6.04 Å². The molecule has 0 saturated heterocycles.